The van der Waals surface area contributed by atoms with Gasteiger partial charge in [0.1, 0.15) is 23.4 Å². The molecule has 2 aromatic rings. The molecular weight excluding hydrogens is 359 g/mol. The first-order chi connectivity index (χ1) is 13.4. The molecule has 1 aliphatic heterocycles. The molecule has 1 atom stereocenters. The van der Waals surface area contributed by atoms with Crippen LogP contribution in [0.4, 0.5) is 4.39 Å². The van der Waals surface area contributed by atoms with Gasteiger partial charge in [-0.25, -0.2) is 4.39 Å². The minimum atomic E-state index is -0.262. The molecule has 0 saturated carbocycles. The summed E-state index contributed by atoms with van der Waals surface area (Å²) in [5.41, 5.74) is 3.01. The first kappa shape index (κ1) is 20.1. The van der Waals surface area contributed by atoms with Gasteiger partial charge >= 0.3 is 0 Å². The second-order valence-corrected chi connectivity index (χ2v) is 7.21. The largest absolute Gasteiger partial charge is 0.494 e. The van der Waals surface area contributed by atoms with Crippen molar-refractivity contribution >= 4 is 5.91 Å². The molecule has 0 unspecified atom stereocenters. The Morgan fingerprint density at radius 2 is 2.07 bits per heavy atom. The topological polar surface area (TPSA) is 50.8 Å². The Labute approximate surface area is 165 Å². The smallest absolute Gasteiger partial charge is 0.234 e. The highest BCUT2D eigenvalue weighted by atomic mass is 19.1. The van der Waals surface area contributed by atoms with E-state index in [2.05, 4.69) is 5.32 Å². The third-order valence-electron chi connectivity index (χ3n) is 4.63. The number of rotatable bonds is 8. The van der Waals surface area contributed by atoms with E-state index < -0.39 is 0 Å². The average Bonchev–Trinajstić information content (AvgIpc) is 3.00. The molecule has 1 N–H and O–H groups in total. The molecule has 6 heteroatoms. The van der Waals surface area contributed by atoms with E-state index in [1.165, 1.54) is 12.1 Å². The average molecular weight is 386 g/mol. The van der Waals surface area contributed by atoms with Gasteiger partial charge in [-0.15, -0.1) is 0 Å². The van der Waals surface area contributed by atoms with Crippen LogP contribution in [0.25, 0.3) is 0 Å². The molecule has 0 aromatic heterocycles. The molecule has 150 valence electrons. The van der Waals surface area contributed by atoms with E-state index in [1.54, 1.807) is 12.1 Å². The minimum Gasteiger partial charge on any atom is -0.494 e. The summed E-state index contributed by atoms with van der Waals surface area (Å²) < 4.78 is 24.6. The van der Waals surface area contributed by atoms with E-state index in [0.717, 1.165) is 34.6 Å². The van der Waals surface area contributed by atoms with E-state index in [9.17, 15) is 9.18 Å². The van der Waals surface area contributed by atoms with Gasteiger partial charge in [0.25, 0.3) is 0 Å². The quantitative estimate of drug-likeness (QED) is 0.756. The van der Waals surface area contributed by atoms with Crippen LogP contribution >= 0.6 is 0 Å². The maximum Gasteiger partial charge on any atom is 0.234 e. The number of ether oxygens (including phenoxy) is 2. The summed E-state index contributed by atoms with van der Waals surface area (Å²) in [5, 5.41) is 2.95. The van der Waals surface area contributed by atoms with Crippen molar-refractivity contribution in [2.45, 2.75) is 39.5 Å². The number of nitrogens with zero attached hydrogens (tertiary/aromatic N) is 1. The SMILES string of the molecule is CCOc1cc2c(cc1CNC(=O)CN(C)Cc1ccc(F)cc1)O[C@H](C)C2. The Morgan fingerprint density at radius 3 is 2.79 bits per heavy atom. The number of amides is 1. The van der Waals surface area contributed by atoms with Crippen molar-refractivity contribution in [3.05, 3.63) is 58.9 Å². The maximum absolute atomic E-state index is 13.0. The van der Waals surface area contributed by atoms with Gasteiger partial charge in [0.05, 0.1) is 13.2 Å². The highest BCUT2D eigenvalue weighted by Crippen LogP contribution is 2.35. The lowest BCUT2D eigenvalue weighted by Crippen LogP contribution is -2.34. The standard InChI is InChI=1S/C22H27FN2O3/c1-4-27-20-10-17-9-15(2)28-21(17)11-18(20)12-24-22(26)14-25(3)13-16-5-7-19(23)8-6-16/h5-8,10-11,15H,4,9,12-14H2,1-3H3,(H,24,26)/t15-/m1/s1. The van der Waals surface area contributed by atoms with Crippen LogP contribution in [-0.4, -0.2) is 37.1 Å². The van der Waals surface area contributed by atoms with Gasteiger partial charge < -0.3 is 14.8 Å². The number of carbonyl (C=O) groups excluding carboxylic acids is 1. The van der Waals surface area contributed by atoms with Crippen LogP contribution in [0.5, 0.6) is 11.5 Å². The Morgan fingerprint density at radius 1 is 1.32 bits per heavy atom. The van der Waals surface area contributed by atoms with Crippen LogP contribution in [0, 0.1) is 5.82 Å². The van der Waals surface area contributed by atoms with Gasteiger partial charge in [-0.2, -0.15) is 0 Å². The fraction of sp³-hybridized carbons (Fsp3) is 0.409. The molecule has 3 rings (SSSR count). The van der Waals surface area contributed by atoms with Gasteiger partial charge in [0, 0.05) is 30.6 Å². The molecule has 1 amide bonds. The highest BCUT2D eigenvalue weighted by molar-refractivity contribution is 5.78. The van der Waals surface area contributed by atoms with Crippen LogP contribution in [0.2, 0.25) is 0 Å². The summed E-state index contributed by atoms with van der Waals surface area (Å²) in [4.78, 5) is 14.2. The Hall–Kier alpha value is -2.60. The molecule has 2 aromatic carbocycles. The maximum atomic E-state index is 13.0. The Bertz CT molecular complexity index is 823. The molecule has 0 bridgehead atoms. The monoisotopic (exact) mass is 386 g/mol. The molecule has 5 nitrogen and oxygen atoms in total. The number of hydrogen-bond acceptors (Lipinski definition) is 4. The summed E-state index contributed by atoms with van der Waals surface area (Å²) in [6.07, 6.45) is 1.03. The van der Waals surface area contributed by atoms with E-state index in [1.807, 2.05) is 37.9 Å². The van der Waals surface area contributed by atoms with Crippen molar-refractivity contribution in [3.8, 4) is 11.5 Å². The number of hydrogen-bond donors (Lipinski definition) is 1. The third-order valence-corrected chi connectivity index (χ3v) is 4.63. The van der Waals surface area contributed by atoms with Gasteiger partial charge in [0.2, 0.25) is 5.91 Å². The van der Waals surface area contributed by atoms with E-state index >= 15 is 0 Å². The van der Waals surface area contributed by atoms with Crippen molar-refractivity contribution in [1.29, 1.82) is 0 Å². The molecule has 1 heterocycles. The predicted octanol–water partition coefficient (Wildman–Crippen LogP) is 3.30. The zero-order chi connectivity index (χ0) is 20.1. The zero-order valence-electron chi connectivity index (χ0n) is 16.6. The molecule has 28 heavy (non-hydrogen) atoms. The molecule has 0 spiro atoms. The lowest BCUT2D eigenvalue weighted by Gasteiger charge is -2.17. The van der Waals surface area contributed by atoms with Gasteiger partial charge in [-0.05, 0) is 50.7 Å². The van der Waals surface area contributed by atoms with Crippen LogP contribution in [0.1, 0.15) is 30.5 Å². The van der Waals surface area contributed by atoms with Gasteiger partial charge in [-0.3, -0.25) is 9.69 Å². The number of fused-ring (bicyclic) bond motifs is 1. The fourth-order valence-electron chi connectivity index (χ4n) is 3.36. The predicted molar refractivity (Wildman–Crippen MR) is 106 cm³/mol. The second-order valence-electron chi connectivity index (χ2n) is 7.21. The summed E-state index contributed by atoms with van der Waals surface area (Å²) in [5.74, 6) is 1.32. The summed E-state index contributed by atoms with van der Waals surface area (Å²) in [6, 6.07) is 10.3. The summed E-state index contributed by atoms with van der Waals surface area (Å²) in [6.45, 7) is 5.75. The first-order valence-corrected chi connectivity index (χ1v) is 9.59. The lowest BCUT2D eigenvalue weighted by atomic mass is 10.1. The van der Waals surface area contributed by atoms with Crippen molar-refractivity contribution in [2.75, 3.05) is 20.2 Å². The minimum absolute atomic E-state index is 0.0816. The molecule has 0 saturated heterocycles. The van der Waals surface area contributed by atoms with Crippen LogP contribution < -0.4 is 14.8 Å². The van der Waals surface area contributed by atoms with E-state index in [-0.39, 0.29) is 24.4 Å². The zero-order valence-corrected chi connectivity index (χ0v) is 16.6. The van der Waals surface area contributed by atoms with Gasteiger partial charge in [0.15, 0.2) is 0 Å². The number of benzene rings is 2. The van der Waals surface area contributed by atoms with Crippen LogP contribution in [0.15, 0.2) is 36.4 Å². The van der Waals surface area contributed by atoms with Crippen LogP contribution in [0.3, 0.4) is 0 Å². The van der Waals surface area contributed by atoms with E-state index in [0.29, 0.717) is 19.7 Å². The summed E-state index contributed by atoms with van der Waals surface area (Å²) >= 11 is 0. The molecule has 0 radical (unpaired) electrons. The third kappa shape index (κ3) is 5.23. The van der Waals surface area contributed by atoms with Crippen molar-refractivity contribution in [1.82, 2.24) is 10.2 Å². The number of likely N-dealkylation sites (N-methyl/N-ethyl adjacent to an activating group) is 1. The molecule has 0 aliphatic carbocycles. The molecule has 0 fully saturated rings. The molecular formula is C22H27FN2O3. The lowest BCUT2D eigenvalue weighted by molar-refractivity contribution is -0.122. The normalized spacial score (nSPS) is 15.2. The molecule has 1 aliphatic rings. The Balaban J connectivity index is 1.56. The number of halogens is 1. The number of carbonyl (C=O) groups is 1. The highest BCUT2D eigenvalue weighted by Gasteiger charge is 2.22. The van der Waals surface area contributed by atoms with Gasteiger partial charge in [-0.1, -0.05) is 12.1 Å². The van der Waals surface area contributed by atoms with Crippen molar-refractivity contribution in [2.24, 2.45) is 0 Å². The summed E-state index contributed by atoms with van der Waals surface area (Å²) in [7, 11) is 1.86. The number of nitrogens with one attached hydrogen (secondary N) is 1. The van der Waals surface area contributed by atoms with E-state index in [4.69, 9.17) is 9.47 Å². The first-order valence-electron chi connectivity index (χ1n) is 9.59. The van der Waals surface area contributed by atoms with Crippen molar-refractivity contribution in [3.63, 3.8) is 0 Å². The Kier molecular flexibility index (Phi) is 6.52. The fourth-order valence-corrected chi connectivity index (χ4v) is 3.36. The van der Waals surface area contributed by atoms with Crippen molar-refractivity contribution < 1.29 is 18.7 Å². The van der Waals surface area contributed by atoms with Crippen LogP contribution in [-0.2, 0) is 24.3 Å². The second kappa shape index (κ2) is 9.06.